The zero-order valence-corrected chi connectivity index (χ0v) is 19.2. The molecule has 1 N–H and O–H groups in total. The van der Waals surface area contributed by atoms with Crippen molar-refractivity contribution in [2.24, 2.45) is 0 Å². The highest BCUT2D eigenvalue weighted by Crippen LogP contribution is 2.27. The third-order valence-electron chi connectivity index (χ3n) is 6.81. The number of hydrogen-bond acceptors (Lipinski definition) is 6. The van der Waals surface area contributed by atoms with Crippen LogP contribution in [0.5, 0.6) is 5.88 Å². The van der Waals surface area contributed by atoms with Crippen molar-refractivity contribution in [1.29, 1.82) is 0 Å². The van der Waals surface area contributed by atoms with Gasteiger partial charge in [0.05, 0.1) is 0 Å². The van der Waals surface area contributed by atoms with E-state index in [2.05, 4.69) is 39.2 Å². The largest absolute Gasteiger partial charge is 0.474 e. The Balaban J connectivity index is 1.27. The molecule has 3 heterocycles. The molecule has 1 amide bonds. The van der Waals surface area contributed by atoms with Gasteiger partial charge in [0.1, 0.15) is 11.8 Å². The van der Waals surface area contributed by atoms with E-state index in [4.69, 9.17) is 4.74 Å². The fourth-order valence-corrected chi connectivity index (χ4v) is 4.91. The molecule has 7 nitrogen and oxygen atoms in total. The van der Waals surface area contributed by atoms with Gasteiger partial charge < -0.3 is 19.9 Å². The lowest BCUT2D eigenvalue weighted by Gasteiger charge is -2.37. The lowest BCUT2D eigenvalue weighted by Crippen LogP contribution is -2.44. The molecule has 0 aromatic carbocycles. The Morgan fingerprint density at radius 3 is 2.56 bits per heavy atom. The monoisotopic (exact) mass is 437 g/mol. The second-order valence-corrected chi connectivity index (χ2v) is 9.18. The number of carbonyl (C=O) groups excluding carboxylic acids is 1. The van der Waals surface area contributed by atoms with Gasteiger partial charge >= 0.3 is 0 Å². The molecule has 0 spiro atoms. The van der Waals surface area contributed by atoms with Gasteiger partial charge in [0, 0.05) is 49.3 Å². The molecule has 2 unspecified atom stereocenters. The summed E-state index contributed by atoms with van der Waals surface area (Å²) in [7, 11) is 4.42. The van der Waals surface area contributed by atoms with Gasteiger partial charge in [-0.05, 0) is 70.8 Å². The molecule has 4 rings (SSSR count). The minimum atomic E-state index is -0.249. The average Bonchev–Trinajstić information content (AvgIpc) is 3.07. The summed E-state index contributed by atoms with van der Waals surface area (Å²) in [4.78, 5) is 26.0. The van der Waals surface area contributed by atoms with Crippen molar-refractivity contribution in [1.82, 2.24) is 19.8 Å². The maximum Gasteiger partial charge on any atom is 0.274 e. The highest BCUT2D eigenvalue weighted by atomic mass is 16.5. The van der Waals surface area contributed by atoms with E-state index in [1.807, 2.05) is 12.1 Å². The van der Waals surface area contributed by atoms with Crippen LogP contribution in [0.2, 0.25) is 0 Å². The second kappa shape index (κ2) is 10.9. The van der Waals surface area contributed by atoms with Crippen LogP contribution < -0.4 is 10.1 Å². The molecule has 0 bridgehead atoms. The number of aromatic nitrogens is 2. The Bertz CT molecular complexity index is 868. The third kappa shape index (κ3) is 6.04. The Labute approximate surface area is 191 Å². The van der Waals surface area contributed by atoms with E-state index in [-0.39, 0.29) is 12.0 Å². The first-order valence-electron chi connectivity index (χ1n) is 11.8. The van der Waals surface area contributed by atoms with Crippen molar-refractivity contribution < 1.29 is 9.53 Å². The molecule has 2 aromatic rings. The van der Waals surface area contributed by atoms with E-state index in [9.17, 15) is 4.79 Å². The van der Waals surface area contributed by atoms with Crippen LogP contribution in [-0.4, -0.2) is 71.0 Å². The van der Waals surface area contributed by atoms with Crippen LogP contribution in [0.3, 0.4) is 0 Å². The summed E-state index contributed by atoms with van der Waals surface area (Å²) in [5.41, 5.74) is 1.05. The maximum atomic E-state index is 12.5. The molecular weight excluding hydrogens is 402 g/mol. The number of piperidine rings is 1. The van der Waals surface area contributed by atoms with E-state index in [1.165, 1.54) is 32.1 Å². The predicted octanol–water partition coefficient (Wildman–Crippen LogP) is 3.84. The van der Waals surface area contributed by atoms with Gasteiger partial charge in [0.2, 0.25) is 5.88 Å². The molecular formula is C25H35N5O2. The van der Waals surface area contributed by atoms with Gasteiger partial charge in [-0.15, -0.1) is 0 Å². The second-order valence-electron chi connectivity index (χ2n) is 9.18. The van der Waals surface area contributed by atoms with E-state index >= 15 is 0 Å². The van der Waals surface area contributed by atoms with Gasteiger partial charge in [0.25, 0.3) is 5.91 Å². The number of anilines is 1. The van der Waals surface area contributed by atoms with Crippen LogP contribution in [0, 0.1) is 0 Å². The molecule has 172 valence electrons. The Morgan fingerprint density at radius 1 is 1.03 bits per heavy atom. The zero-order chi connectivity index (χ0) is 22.3. The molecule has 1 aliphatic carbocycles. The molecule has 2 atom stereocenters. The predicted molar refractivity (Wildman–Crippen MR) is 126 cm³/mol. The molecule has 1 aliphatic heterocycles. The number of likely N-dealkylation sites (tertiary alicyclic amines) is 1. The lowest BCUT2D eigenvalue weighted by molar-refractivity contribution is 0.0670. The Hall–Kier alpha value is -2.51. The molecule has 32 heavy (non-hydrogen) atoms. The van der Waals surface area contributed by atoms with Crippen LogP contribution in [-0.2, 0) is 0 Å². The summed E-state index contributed by atoms with van der Waals surface area (Å²) in [6.45, 7) is 2.15. The van der Waals surface area contributed by atoms with E-state index in [1.54, 1.807) is 30.6 Å². The van der Waals surface area contributed by atoms with E-state index in [0.717, 1.165) is 32.0 Å². The van der Waals surface area contributed by atoms with Crippen LogP contribution >= 0.6 is 0 Å². The SMILES string of the molecule is CN(C)C1CCCC(N2CCC(Oc3cccc(C(=O)Nc4ccncc4)n3)CC2)CC1. The minimum absolute atomic E-state index is 0.151. The maximum absolute atomic E-state index is 12.5. The van der Waals surface area contributed by atoms with E-state index in [0.29, 0.717) is 23.3 Å². The molecule has 7 heteroatoms. The number of nitrogens with zero attached hydrogens (tertiary/aromatic N) is 4. The first-order chi connectivity index (χ1) is 15.6. The van der Waals surface area contributed by atoms with E-state index < -0.39 is 0 Å². The van der Waals surface area contributed by atoms with Crippen LogP contribution in [0.4, 0.5) is 5.69 Å². The van der Waals surface area contributed by atoms with Crippen molar-refractivity contribution >= 4 is 11.6 Å². The van der Waals surface area contributed by atoms with Crippen LogP contribution in [0.25, 0.3) is 0 Å². The summed E-state index contributed by atoms with van der Waals surface area (Å²) in [5.74, 6) is 0.273. The number of hydrogen-bond donors (Lipinski definition) is 1. The summed E-state index contributed by atoms with van der Waals surface area (Å²) in [6, 6.07) is 10.3. The number of pyridine rings is 2. The molecule has 1 saturated carbocycles. The summed E-state index contributed by atoms with van der Waals surface area (Å²) >= 11 is 0. The highest BCUT2D eigenvalue weighted by molar-refractivity contribution is 6.02. The van der Waals surface area contributed by atoms with Crippen LogP contribution in [0.15, 0.2) is 42.7 Å². The van der Waals surface area contributed by atoms with Gasteiger partial charge in [0.15, 0.2) is 0 Å². The fraction of sp³-hybridized carbons (Fsp3) is 0.560. The summed E-state index contributed by atoms with van der Waals surface area (Å²) in [6.07, 6.45) is 12.0. The average molecular weight is 438 g/mol. The number of rotatable bonds is 6. The molecule has 0 radical (unpaired) electrons. The number of nitrogens with one attached hydrogen (secondary N) is 1. The first-order valence-corrected chi connectivity index (χ1v) is 11.8. The van der Waals surface area contributed by atoms with Crippen molar-refractivity contribution in [2.75, 3.05) is 32.5 Å². The zero-order valence-electron chi connectivity index (χ0n) is 19.2. The van der Waals surface area contributed by atoms with Crippen molar-refractivity contribution in [2.45, 2.75) is 63.1 Å². The molecule has 1 saturated heterocycles. The smallest absolute Gasteiger partial charge is 0.274 e. The number of carbonyl (C=O) groups is 1. The topological polar surface area (TPSA) is 70.6 Å². The third-order valence-corrected chi connectivity index (χ3v) is 6.81. The Kier molecular flexibility index (Phi) is 7.71. The fourth-order valence-electron chi connectivity index (χ4n) is 4.91. The number of amides is 1. The summed E-state index contributed by atoms with van der Waals surface area (Å²) in [5, 5.41) is 2.84. The van der Waals surface area contributed by atoms with Gasteiger partial charge in [-0.1, -0.05) is 12.5 Å². The first kappa shape index (κ1) is 22.7. The highest BCUT2D eigenvalue weighted by Gasteiger charge is 2.28. The van der Waals surface area contributed by atoms with Crippen molar-refractivity contribution in [3.05, 3.63) is 48.4 Å². The molecule has 2 aliphatic rings. The number of ether oxygens (including phenoxy) is 1. The van der Waals surface area contributed by atoms with Gasteiger partial charge in [-0.3, -0.25) is 9.78 Å². The van der Waals surface area contributed by atoms with Crippen molar-refractivity contribution in [3.8, 4) is 5.88 Å². The van der Waals surface area contributed by atoms with Crippen molar-refractivity contribution in [3.63, 3.8) is 0 Å². The normalized spacial score (nSPS) is 23.0. The van der Waals surface area contributed by atoms with Crippen LogP contribution in [0.1, 0.15) is 55.4 Å². The lowest BCUT2D eigenvalue weighted by atomic mass is 10.0. The van der Waals surface area contributed by atoms with Gasteiger partial charge in [-0.2, -0.15) is 0 Å². The molecule has 2 fully saturated rings. The summed E-state index contributed by atoms with van der Waals surface area (Å²) < 4.78 is 6.17. The minimum Gasteiger partial charge on any atom is -0.474 e. The standard InChI is InChI=1S/C25H35N5O2/c1-29(2)20-5-3-6-21(10-9-20)30-17-13-22(14-18-30)32-24-8-4-7-23(28-24)25(31)27-19-11-15-26-16-12-19/h4,7-8,11-12,15-16,20-22H,3,5-6,9-10,13-14,17-18H2,1-2H3,(H,26,27,31). The van der Waals surface area contributed by atoms with Gasteiger partial charge in [-0.25, -0.2) is 4.98 Å². The molecule has 2 aromatic heterocycles. The Morgan fingerprint density at radius 2 is 1.81 bits per heavy atom. The quantitative estimate of drug-likeness (QED) is 0.693.